The van der Waals surface area contributed by atoms with Gasteiger partial charge in [0.25, 0.3) is 0 Å². The Bertz CT molecular complexity index is 1020. The van der Waals surface area contributed by atoms with Crippen molar-refractivity contribution in [1.82, 2.24) is 10.3 Å². The molecule has 28 heavy (non-hydrogen) atoms. The Labute approximate surface area is 165 Å². The molecule has 0 saturated heterocycles. The average Bonchev–Trinajstić information content (AvgIpc) is 3.10. The van der Waals surface area contributed by atoms with Gasteiger partial charge in [0.05, 0.1) is 20.3 Å². The molecular weight excluding hydrogens is 352 g/mol. The van der Waals surface area contributed by atoms with Crippen LogP contribution in [0.5, 0.6) is 5.75 Å². The lowest BCUT2D eigenvalue weighted by atomic mass is 9.88. The second-order valence-corrected chi connectivity index (χ2v) is 7.60. The molecule has 146 valence electrons. The monoisotopic (exact) mass is 378 g/mol. The molecule has 5 heteroatoms. The summed E-state index contributed by atoms with van der Waals surface area (Å²) in [4.78, 5) is 15.9. The van der Waals surface area contributed by atoms with E-state index in [1.165, 1.54) is 12.7 Å². The Morgan fingerprint density at radius 1 is 1.14 bits per heavy atom. The third-order valence-electron chi connectivity index (χ3n) is 5.61. The van der Waals surface area contributed by atoms with Crippen LogP contribution >= 0.6 is 0 Å². The Morgan fingerprint density at radius 3 is 2.64 bits per heavy atom. The predicted octanol–water partition coefficient (Wildman–Crippen LogP) is 4.08. The summed E-state index contributed by atoms with van der Waals surface area (Å²) in [5, 5.41) is 4.66. The molecule has 0 amide bonds. The molecule has 5 nitrogen and oxygen atoms in total. The van der Waals surface area contributed by atoms with Crippen molar-refractivity contribution < 1.29 is 14.3 Å². The number of fused-ring (bicyclic) bond motifs is 3. The molecule has 2 heterocycles. The van der Waals surface area contributed by atoms with Crippen molar-refractivity contribution in [3.63, 3.8) is 0 Å². The number of rotatable bonds is 4. The number of esters is 1. The first-order valence-corrected chi connectivity index (χ1v) is 9.64. The van der Waals surface area contributed by atoms with Crippen molar-refractivity contribution in [2.75, 3.05) is 14.2 Å². The van der Waals surface area contributed by atoms with Gasteiger partial charge in [0.15, 0.2) is 0 Å². The number of ether oxygens (including phenoxy) is 2. The van der Waals surface area contributed by atoms with Gasteiger partial charge in [-0.2, -0.15) is 0 Å². The fourth-order valence-corrected chi connectivity index (χ4v) is 4.17. The van der Waals surface area contributed by atoms with Gasteiger partial charge in [0.1, 0.15) is 11.8 Å². The molecule has 3 aromatic rings. The van der Waals surface area contributed by atoms with Crippen molar-refractivity contribution in [1.29, 1.82) is 0 Å². The number of H-pyrrole nitrogens is 1. The number of aromatic nitrogens is 1. The van der Waals surface area contributed by atoms with Crippen molar-refractivity contribution >= 4 is 16.9 Å². The highest BCUT2D eigenvalue weighted by Gasteiger charge is 2.34. The van der Waals surface area contributed by atoms with Crippen LogP contribution in [0.3, 0.4) is 0 Å². The fraction of sp³-hybridized carbons (Fsp3) is 0.348. The zero-order valence-corrected chi connectivity index (χ0v) is 16.7. The maximum absolute atomic E-state index is 12.4. The lowest BCUT2D eigenvalue weighted by Gasteiger charge is -2.31. The van der Waals surface area contributed by atoms with Gasteiger partial charge in [-0.05, 0) is 40.8 Å². The Balaban J connectivity index is 1.86. The third-order valence-corrected chi connectivity index (χ3v) is 5.61. The second kappa shape index (κ2) is 7.32. The quantitative estimate of drug-likeness (QED) is 0.672. The number of carbonyl (C=O) groups excluding carboxylic acids is 1. The molecule has 2 atom stereocenters. The number of hydrogen-bond donors (Lipinski definition) is 2. The van der Waals surface area contributed by atoms with Crippen LogP contribution in [0.4, 0.5) is 0 Å². The normalized spacial score (nSPS) is 18.9. The lowest BCUT2D eigenvalue weighted by molar-refractivity contribution is -0.143. The van der Waals surface area contributed by atoms with Crippen LogP contribution < -0.4 is 10.1 Å². The molecule has 2 aromatic carbocycles. The summed E-state index contributed by atoms with van der Waals surface area (Å²) in [5.41, 5.74) is 5.63. The molecular formula is C23H26N2O3. The van der Waals surface area contributed by atoms with Crippen LogP contribution in [-0.2, 0) is 16.0 Å². The maximum atomic E-state index is 12.4. The first kappa shape index (κ1) is 18.6. The van der Waals surface area contributed by atoms with E-state index < -0.39 is 0 Å². The highest BCUT2D eigenvalue weighted by Crippen LogP contribution is 2.37. The number of aromatic amines is 1. The molecule has 0 bridgehead atoms. The standard InChI is InChI=1S/C23H26N2O3/c1-13(2)16-11-14(9-10-20(16)27-3)21-22-17(12-19(25-21)23(26)28-4)15-7-5-6-8-18(15)24-22/h5-11,13,19,21,24-25H,12H2,1-4H3. The van der Waals surface area contributed by atoms with Crippen LogP contribution in [0.25, 0.3) is 10.9 Å². The largest absolute Gasteiger partial charge is 0.496 e. The van der Waals surface area contributed by atoms with E-state index >= 15 is 0 Å². The minimum atomic E-state index is -0.383. The summed E-state index contributed by atoms with van der Waals surface area (Å²) >= 11 is 0. The number of para-hydroxylation sites is 1. The number of carbonyl (C=O) groups is 1. The molecule has 0 spiro atoms. The van der Waals surface area contributed by atoms with Gasteiger partial charge in [-0.25, -0.2) is 0 Å². The van der Waals surface area contributed by atoms with E-state index in [1.807, 2.05) is 18.2 Å². The molecule has 4 rings (SSSR count). The molecule has 2 N–H and O–H groups in total. The van der Waals surface area contributed by atoms with Crippen molar-refractivity contribution in [3.8, 4) is 5.75 Å². The first-order valence-electron chi connectivity index (χ1n) is 9.64. The van der Waals surface area contributed by atoms with Crippen LogP contribution in [0.15, 0.2) is 42.5 Å². The highest BCUT2D eigenvalue weighted by molar-refractivity contribution is 5.87. The molecule has 0 aliphatic carbocycles. The van der Waals surface area contributed by atoms with E-state index in [-0.39, 0.29) is 18.1 Å². The summed E-state index contributed by atoms with van der Waals surface area (Å²) in [6.45, 7) is 4.31. The summed E-state index contributed by atoms with van der Waals surface area (Å²) < 4.78 is 10.6. The van der Waals surface area contributed by atoms with Crippen LogP contribution in [-0.4, -0.2) is 31.2 Å². The number of benzene rings is 2. The van der Waals surface area contributed by atoms with Crippen LogP contribution in [0.2, 0.25) is 0 Å². The SMILES string of the molecule is COC(=O)C1Cc2c([nH]c3ccccc23)C(c2ccc(OC)c(C(C)C)c2)N1. The smallest absolute Gasteiger partial charge is 0.323 e. The lowest BCUT2D eigenvalue weighted by Crippen LogP contribution is -2.45. The summed E-state index contributed by atoms with van der Waals surface area (Å²) in [6, 6.07) is 14.0. The maximum Gasteiger partial charge on any atom is 0.323 e. The molecule has 1 aromatic heterocycles. The van der Waals surface area contributed by atoms with E-state index in [0.717, 1.165) is 33.5 Å². The van der Waals surface area contributed by atoms with Gasteiger partial charge in [-0.15, -0.1) is 0 Å². The molecule has 0 fully saturated rings. The van der Waals surface area contributed by atoms with E-state index in [9.17, 15) is 4.79 Å². The summed E-state index contributed by atoms with van der Waals surface area (Å²) in [7, 11) is 3.14. The van der Waals surface area contributed by atoms with E-state index in [2.05, 4.69) is 48.4 Å². The van der Waals surface area contributed by atoms with E-state index in [0.29, 0.717) is 12.3 Å². The minimum absolute atomic E-state index is 0.122. The van der Waals surface area contributed by atoms with Crippen LogP contribution in [0, 0.1) is 0 Å². The molecule has 0 radical (unpaired) electrons. The third kappa shape index (κ3) is 3.06. The topological polar surface area (TPSA) is 63.4 Å². The average molecular weight is 378 g/mol. The first-order chi connectivity index (χ1) is 13.5. The van der Waals surface area contributed by atoms with Gasteiger partial charge in [0.2, 0.25) is 0 Å². The molecule has 2 unspecified atom stereocenters. The van der Waals surface area contributed by atoms with Gasteiger partial charge < -0.3 is 14.5 Å². The zero-order chi connectivity index (χ0) is 19.8. The molecule has 1 aliphatic heterocycles. The summed E-state index contributed by atoms with van der Waals surface area (Å²) in [5.74, 6) is 0.978. The van der Waals surface area contributed by atoms with Crippen molar-refractivity contribution in [3.05, 3.63) is 64.8 Å². The Hall–Kier alpha value is -2.79. The van der Waals surface area contributed by atoms with E-state index in [4.69, 9.17) is 9.47 Å². The Morgan fingerprint density at radius 2 is 1.93 bits per heavy atom. The highest BCUT2D eigenvalue weighted by atomic mass is 16.5. The van der Waals surface area contributed by atoms with Gasteiger partial charge >= 0.3 is 5.97 Å². The van der Waals surface area contributed by atoms with Crippen molar-refractivity contribution in [2.45, 2.75) is 38.3 Å². The molecule has 1 aliphatic rings. The van der Waals surface area contributed by atoms with Crippen molar-refractivity contribution in [2.24, 2.45) is 0 Å². The van der Waals surface area contributed by atoms with E-state index in [1.54, 1.807) is 7.11 Å². The number of nitrogens with one attached hydrogen (secondary N) is 2. The van der Waals surface area contributed by atoms with Gasteiger partial charge in [0, 0.05) is 23.0 Å². The van der Waals surface area contributed by atoms with Gasteiger partial charge in [-0.1, -0.05) is 38.1 Å². The number of methoxy groups -OCH3 is 2. The second-order valence-electron chi connectivity index (χ2n) is 7.60. The minimum Gasteiger partial charge on any atom is -0.496 e. The molecule has 0 saturated carbocycles. The van der Waals surface area contributed by atoms with Crippen LogP contribution in [0.1, 0.15) is 48.2 Å². The fourth-order valence-electron chi connectivity index (χ4n) is 4.17. The zero-order valence-electron chi connectivity index (χ0n) is 16.7. The Kier molecular flexibility index (Phi) is 4.85. The summed E-state index contributed by atoms with van der Waals surface area (Å²) in [6.07, 6.45) is 0.607. The van der Waals surface area contributed by atoms with Gasteiger partial charge in [-0.3, -0.25) is 10.1 Å². The predicted molar refractivity (Wildman–Crippen MR) is 110 cm³/mol. The number of hydrogen-bond acceptors (Lipinski definition) is 4.